The summed E-state index contributed by atoms with van der Waals surface area (Å²) < 4.78 is 1.02. The highest BCUT2D eigenvalue weighted by atomic mass is 79.9. The van der Waals surface area contributed by atoms with Gasteiger partial charge in [0.25, 0.3) is 0 Å². The second-order valence-corrected chi connectivity index (χ2v) is 6.10. The Balaban J connectivity index is 1.95. The van der Waals surface area contributed by atoms with Gasteiger partial charge in [0.1, 0.15) is 5.25 Å². The Kier molecular flexibility index (Phi) is 3.14. The van der Waals surface area contributed by atoms with Crippen LogP contribution in [0.15, 0.2) is 57.9 Å². The van der Waals surface area contributed by atoms with Crippen molar-refractivity contribution in [2.24, 2.45) is 0 Å². The van der Waals surface area contributed by atoms with Gasteiger partial charge >= 0.3 is 0 Å². The molecule has 1 aliphatic heterocycles. The van der Waals surface area contributed by atoms with Crippen molar-refractivity contribution >= 4 is 39.3 Å². The van der Waals surface area contributed by atoms with E-state index in [1.165, 1.54) is 0 Å². The van der Waals surface area contributed by atoms with Crippen LogP contribution < -0.4 is 5.32 Å². The standard InChI is InChI=1S/C14H10BrNOS/c15-10-7-5-9(6-8-10)13-14(17)16-11-3-1-2-4-12(11)18-13/h1-8,13H,(H,16,17). The van der Waals surface area contributed by atoms with Crippen molar-refractivity contribution in [2.45, 2.75) is 10.1 Å². The number of thioether (sulfide) groups is 1. The second kappa shape index (κ2) is 4.78. The summed E-state index contributed by atoms with van der Waals surface area (Å²) in [4.78, 5) is 13.2. The molecule has 2 nitrogen and oxygen atoms in total. The lowest BCUT2D eigenvalue weighted by atomic mass is 10.1. The molecule has 1 unspecified atom stereocenters. The molecular formula is C14H10BrNOS. The van der Waals surface area contributed by atoms with Crippen molar-refractivity contribution in [3.8, 4) is 0 Å². The molecule has 0 bridgehead atoms. The first-order valence-corrected chi connectivity index (χ1v) is 7.23. The highest BCUT2D eigenvalue weighted by Crippen LogP contribution is 2.43. The molecule has 1 amide bonds. The summed E-state index contributed by atoms with van der Waals surface area (Å²) in [6.07, 6.45) is 0. The zero-order valence-corrected chi connectivity index (χ0v) is 11.8. The van der Waals surface area contributed by atoms with Gasteiger partial charge in [-0.2, -0.15) is 0 Å². The van der Waals surface area contributed by atoms with E-state index in [2.05, 4.69) is 21.2 Å². The van der Waals surface area contributed by atoms with Gasteiger partial charge in [-0.15, -0.1) is 11.8 Å². The van der Waals surface area contributed by atoms with Crippen LogP contribution in [0.1, 0.15) is 10.8 Å². The highest BCUT2D eigenvalue weighted by Gasteiger charge is 2.27. The molecular weight excluding hydrogens is 310 g/mol. The Morgan fingerprint density at radius 2 is 1.78 bits per heavy atom. The first-order chi connectivity index (χ1) is 8.74. The van der Waals surface area contributed by atoms with Gasteiger partial charge in [0.05, 0.1) is 5.69 Å². The quantitative estimate of drug-likeness (QED) is 0.852. The Hall–Kier alpha value is -1.26. The minimum Gasteiger partial charge on any atom is -0.324 e. The predicted molar refractivity (Wildman–Crippen MR) is 77.8 cm³/mol. The molecule has 90 valence electrons. The molecule has 1 aliphatic rings. The molecule has 0 aliphatic carbocycles. The van der Waals surface area contributed by atoms with Crippen molar-refractivity contribution in [1.82, 2.24) is 0 Å². The number of para-hydroxylation sites is 1. The monoisotopic (exact) mass is 319 g/mol. The Labute approximate surface area is 118 Å². The van der Waals surface area contributed by atoms with Crippen LogP contribution >= 0.6 is 27.7 Å². The first-order valence-electron chi connectivity index (χ1n) is 5.56. The maximum atomic E-state index is 12.1. The zero-order chi connectivity index (χ0) is 12.5. The molecule has 0 saturated heterocycles. The summed E-state index contributed by atoms with van der Waals surface area (Å²) in [6.45, 7) is 0. The van der Waals surface area contributed by atoms with E-state index < -0.39 is 0 Å². The van der Waals surface area contributed by atoms with Crippen LogP contribution in [0.3, 0.4) is 0 Å². The molecule has 0 aromatic heterocycles. The summed E-state index contributed by atoms with van der Waals surface area (Å²) in [6, 6.07) is 15.8. The van der Waals surface area contributed by atoms with E-state index in [1.54, 1.807) is 11.8 Å². The van der Waals surface area contributed by atoms with E-state index >= 15 is 0 Å². The number of nitrogens with one attached hydrogen (secondary N) is 1. The molecule has 0 radical (unpaired) electrons. The summed E-state index contributed by atoms with van der Waals surface area (Å²) in [5.74, 6) is 0.0426. The summed E-state index contributed by atoms with van der Waals surface area (Å²) in [5, 5.41) is 2.78. The lowest BCUT2D eigenvalue weighted by Gasteiger charge is -2.24. The summed E-state index contributed by atoms with van der Waals surface area (Å²) in [7, 11) is 0. The van der Waals surface area contributed by atoms with E-state index in [1.807, 2.05) is 48.5 Å². The Morgan fingerprint density at radius 1 is 1.06 bits per heavy atom. The van der Waals surface area contributed by atoms with Gasteiger partial charge in [-0.25, -0.2) is 0 Å². The van der Waals surface area contributed by atoms with Gasteiger partial charge in [0, 0.05) is 9.37 Å². The Morgan fingerprint density at radius 3 is 2.56 bits per heavy atom. The molecule has 0 fully saturated rings. The van der Waals surface area contributed by atoms with Gasteiger partial charge in [-0.1, -0.05) is 40.2 Å². The third kappa shape index (κ3) is 2.18. The SMILES string of the molecule is O=C1Nc2ccccc2SC1c1ccc(Br)cc1. The van der Waals surface area contributed by atoms with Crippen LogP contribution in [0, 0.1) is 0 Å². The van der Waals surface area contributed by atoms with Gasteiger partial charge in [-0.05, 0) is 29.8 Å². The molecule has 2 aromatic rings. The number of benzene rings is 2. The molecule has 1 atom stereocenters. The fraction of sp³-hybridized carbons (Fsp3) is 0.0714. The van der Waals surface area contributed by atoms with E-state index in [0.29, 0.717) is 0 Å². The normalized spacial score (nSPS) is 18.1. The molecule has 0 saturated carbocycles. The lowest BCUT2D eigenvalue weighted by Crippen LogP contribution is -2.22. The van der Waals surface area contributed by atoms with Crippen molar-refractivity contribution < 1.29 is 4.79 Å². The zero-order valence-electron chi connectivity index (χ0n) is 9.39. The number of anilines is 1. The number of hydrogen-bond donors (Lipinski definition) is 1. The smallest absolute Gasteiger partial charge is 0.242 e. The minimum atomic E-state index is -0.173. The molecule has 1 N–H and O–H groups in total. The minimum absolute atomic E-state index is 0.0426. The van der Waals surface area contributed by atoms with E-state index in [-0.39, 0.29) is 11.2 Å². The van der Waals surface area contributed by atoms with Crippen LogP contribution in [0.25, 0.3) is 0 Å². The molecule has 1 heterocycles. The van der Waals surface area contributed by atoms with Gasteiger partial charge in [-0.3, -0.25) is 4.79 Å². The number of carbonyl (C=O) groups is 1. The number of halogens is 1. The molecule has 3 rings (SSSR count). The van der Waals surface area contributed by atoms with Crippen LogP contribution in [-0.2, 0) is 4.79 Å². The van der Waals surface area contributed by atoms with Crippen molar-refractivity contribution in [3.05, 3.63) is 58.6 Å². The number of amides is 1. The van der Waals surface area contributed by atoms with Crippen LogP contribution in [0.2, 0.25) is 0 Å². The predicted octanol–water partition coefficient (Wildman–Crippen LogP) is 4.23. The fourth-order valence-electron chi connectivity index (χ4n) is 1.91. The van der Waals surface area contributed by atoms with Gasteiger partial charge in [0.15, 0.2) is 0 Å². The molecule has 2 aromatic carbocycles. The first kappa shape index (κ1) is 11.8. The van der Waals surface area contributed by atoms with Crippen LogP contribution in [0.4, 0.5) is 5.69 Å². The summed E-state index contributed by atoms with van der Waals surface area (Å²) >= 11 is 5.00. The number of fused-ring (bicyclic) bond motifs is 1. The van der Waals surface area contributed by atoms with Crippen molar-refractivity contribution in [2.75, 3.05) is 5.32 Å². The molecule has 4 heteroatoms. The second-order valence-electron chi connectivity index (χ2n) is 4.03. The van der Waals surface area contributed by atoms with Crippen molar-refractivity contribution in [1.29, 1.82) is 0 Å². The third-order valence-corrected chi connectivity index (χ3v) is 4.66. The summed E-state index contributed by atoms with van der Waals surface area (Å²) in [5.41, 5.74) is 1.93. The van der Waals surface area contributed by atoms with Gasteiger partial charge in [0.2, 0.25) is 5.91 Å². The van der Waals surface area contributed by atoms with E-state index in [9.17, 15) is 4.79 Å². The maximum Gasteiger partial charge on any atom is 0.242 e. The Bertz CT molecular complexity index is 597. The van der Waals surface area contributed by atoms with E-state index in [4.69, 9.17) is 0 Å². The average Bonchev–Trinajstić information content (AvgIpc) is 2.39. The van der Waals surface area contributed by atoms with Gasteiger partial charge < -0.3 is 5.32 Å². The van der Waals surface area contributed by atoms with E-state index in [0.717, 1.165) is 20.6 Å². The molecule has 0 spiro atoms. The maximum absolute atomic E-state index is 12.1. The van der Waals surface area contributed by atoms with Crippen LogP contribution in [-0.4, -0.2) is 5.91 Å². The highest BCUT2D eigenvalue weighted by molar-refractivity contribution is 9.10. The van der Waals surface area contributed by atoms with Crippen molar-refractivity contribution in [3.63, 3.8) is 0 Å². The average molecular weight is 320 g/mol. The number of rotatable bonds is 1. The number of carbonyl (C=O) groups excluding carboxylic acids is 1. The molecule has 18 heavy (non-hydrogen) atoms. The largest absolute Gasteiger partial charge is 0.324 e. The topological polar surface area (TPSA) is 29.1 Å². The lowest BCUT2D eigenvalue weighted by molar-refractivity contribution is -0.115. The fourth-order valence-corrected chi connectivity index (χ4v) is 3.29. The van der Waals surface area contributed by atoms with Crippen LogP contribution in [0.5, 0.6) is 0 Å². The third-order valence-electron chi connectivity index (χ3n) is 2.80. The number of hydrogen-bond acceptors (Lipinski definition) is 2.